The first kappa shape index (κ1) is 9.02. The molecule has 6 heteroatoms. The van der Waals surface area contributed by atoms with Gasteiger partial charge in [0.2, 0.25) is 5.84 Å². The van der Waals surface area contributed by atoms with Crippen molar-refractivity contribution >= 4 is 11.7 Å². The maximum absolute atomic E-state index is 12.0. The van der Waals surface area contributed by atoms with Crippen LogP contribution in [-0.4, -0.2) is 24.0 Å². The van der Waals surface area contributed by atoms with Crippen LogP contribution in [-0.2, 0) is 4.79 Å². The maximum atomic E-state index is 12.0. The molecule has 68 valence electrons. The first-order chi connectivity index (χ1) is 5.39. The molecule has 0 bridgehead atoms. The molecule has 1 atom stereocenters. The van der Waals surface area contributed by atoms with Crippen molar-refractivity contribution in [2.75, 3.05) is 0 Å². The van der Waals surface area contributed by atoms with Gasteiger partial charge in [0.25, 0.3) is 0 Å². The van der Waals surface area contributed by atoms with Crippen molar-refractivity contribution in [1.29, 1.82) is 0 Å². The van der Waals surface area contributed by atoms with E-state index in [1.54, 1.807) is 0 Å². The van der Waals surface area contributed by atoms with E-state index in [-0.39, 0.29) is 5.84 Å². The van der Waals surface area contributed by atoms with Crippen LogP contribution < -0.4 is 10.3 Å². The van der Waals surface area contributed by atoms with Crippen LogP contribution in [0.15, 0.2) is 0 Å². The summed E-state index contributed by atoms with van der Waals surface area (Å²) in [6, 6.07) is -1.74. The van der Waals surface area contributed by atoms with E-state index in [9.17, 15) is 18.0 Å². The minimum atomic E-state index is -4.36. The number of amides is 1. The van der Waals surface area contributed by atoms with Crippen LogP contribution in [0.25, 0.3) is 0 Å². The number of carbonyl (C=O) groups is 1. The summed E-state index contributed by atoms with van der Waals surface area (Å²) in [4.78, 5) is 12.8. The Hall–Kier alpha value is -1.07. The van der Waals surface area contributed by atoms with Crippen molar-refractivity contribution in [3.63, 3.8) is 0 Å². The van der Waals surface area contributed by atoms with Crippen molar-refractivity contribution in [2.24, 2.45) is 0 Å². The lowest BCUT2D eigenvalue weighted by Crippen LogP contribution is -2.88. The lowest BCUT2D eigenvalue weighted by Gasteiger charge is -2.16. The molecule has 0 saturated carbocycles. The normalized spacial score (nSPS) is 24.8. The molecule has 1 amide bonds. The van der Waals surface area contributed by atoms with Crippen molar-refractivity contribution in [2.45, 2.75) is 25.6 Å². The number of hydrogen-bond acceptors (Lipinski definition) is 1. The Morgan fingerprint density at radius 1 is 1.58 bits per heavy atom. The Morgan fingerprint density at radius 3 is 2.58 bits per heavy atom. The molecular weight excluding hydrogens is 173 g/mol. The summed E-state index contributed by atoms with van der Waals surface area (Å²) in [6.45, 7) is 1.38. The molecule has 1 rings (SSSR count). The third kappa shape index (κ3) is 1.96. The second-order valence-electron chi connectivity index (χ2n) is 2.62. The van der Waals surface area contributed by atoms with Gasteiger partial charge in [0.05, 0.1) is 6.42 Å². The fraction of sp³-hybridized carbons (Fsp3) is 0.667. The van der Waals surface area contributed by atoms with E-state index >= 15 is 0 Å². The predicted molar refractivity (Wildman–Crippen MR) is 34.2 cm³/mol. The van der Waals surface area contributed by atoms with Crippen LogP contribution >= 0.6 is 0 Å². The highest BCUT2D eigenvalue weighted by molar-refractivity contribution is 5.95. The number of carbonyl (C=O) groups excluding carboxylic acids is 1. The zero-order valence-corrected chi connectivity index (χ0v) is 6.33. The van der Waals surface area contributed by atoms with Gasteiger partial charge in [-0.25, -0.2) is 10.1 Å². The molecule has 0 aromatic rings. The maximum Gasteiger partial charge on any atom is 0.429 e. The third-order valence-corrected chi connectivity index (χ3v) is 1.50. The average Bonchev–Trinajstić information content (AvgIpc) is 1.82. The van der Waals surface area contributed by atoms with Gasteiger partial charge in [0.15, 0.2) is 6.04 Å². The van der Waals surface area contributed by atoms with E-state index in [0.29, 0.717) is 0 Å². The lowest BCUT2D eigenvalue weighted by molar-refractivity contribution is -0.551. The van der Waals surface area contributed by atoms with Gasteiger partial charge < -0.3 is 0 Å². The number of halogens is 3. The van der Waals surface area contributed by atoms with Gasteiger partial charge in [-0.1, -0.05) is 0 Å². The molecule has 1 heterocycles. The van der Waals surface area contributed by atoms with Crippen molar-refractivity contribution in [3.8, 4) is 0 Å². The molecule has 0 radical (unpaired) electrons. The van der Waals surface area contributed by atoms with E-state index < -0.39 is 24.5 Å². The number of rotatable bonds is 0. The van der Waals surface area contributed by atoms with E-state index in [4.69, 9.17) is 0 Å². The Bertz CT molecular complexity index is 233. The number of hydrogen-bond donors (Lipinski definition) is 2. The summed E-state index contributed by atoms with van der Waals surface area (Å²) >= 11 is 0. The van der Waals surface area contributed by atoms with Crippen LogP contribution in [0, 0.1) is 0 Å². The standard InChI is InChI=1S/C6H7F3N2O/c1-3-10-4(6(7,8)9)2-5(12)11-3/h4H,2H2,1H3,(H,10,11,12)/p+1. The number of alkyl halides is 3. The quantitative estimate of drug-likeness (QED) is 0.491. The second-order valence-corrected chi connectivity index (χ2v) is 2.62. The molecule has 0 saturated heterocycles. The monoisotopic (exact) mass is 181 g/mol. The summed E-state index contributed by atoms with van der Waals surface area (Å²) in [5.74, 6) is -0.456. The molecule has 0 spiro atoms. The first-order valence-corrected chi connectivity index (χ1v) is 3.36. The van der Waals surface area contributed by atoms with Crippen LogP contribution in [0.3, 0.4) is 0 Å². The minimum absolute atomic E-state index is 0.147. The van der Waals surface area contributed by atoms with Gasteiger partial charge >= 0.3 is 12.1 Å². The summed E-state index contributed by atoms with van der Waals surface area (Å²) < 4.78 is 36.1. The van der Waals surface area contributed by atoms with Gasteiger partial charge in [-0.3, -0.25) is 4.99 Å². The number of amidine groups is 1. The molecule has 0 fully saturated rings. The number of nitrogens with one attached hydrogen (secondary N) is 2. The molecule has 1 aliphatic rings. The first-order valence-electron chi connectivity index (χ1n) is 3.36. The minimum Gasteiger partial charge on any atom is -0.266 e. The van der Waals surface area contributed by atoms with Gasteiger partial charge in [0.1, 0.15) is 0 Å². The van der Waals surface area contributed by atoms with Gasteiger partial charge in [-0.15, -0.1) is 0 Å². The van der Waals surface area contributed by atoms with Gasteiger partial charge in [-0.05, 0) is 0 Å². The topological polar surface area (TPSA) is 43.1 Å². The van der Waals surface area contributed by atoms with E-state index in [1.165, 1.54) is 6.92 Å². The molecule has 0 aromatic heterocycles. The van der Waals surface area contributed by atoms with E-state index in [1.807, 2.05) is 0 Å². The van der Waals surface area contributed by atoms with E-state index in [0.717, 1.165) is 0 Å². The summed E-state index contributed by atoms with van der Waals surface area (Å²) in [7, 11) is 0. The van der Waals surface area contributed by atoms with Gasteiger partial charge in [-0.2, -0.15) is 13.2 Å². The smallest absolute Gasteiger partial charge is 0.266 e. The second kappa shape index (κ2) is 2.76. The van der Waals surface area contributed by atoms with Crippen molar-refractivity contribution in [3.05, 3.63) is 0 Å². The van der Waals surface area contributed by atoms with E-state index in [2.05, 4.69) is 10.3 Å². The molecule has 1 aliphatic heterocycles. The molecule has 2 N–H and O–H groups in total. The lowest BCUT2D eigenvalue weighted by atomic mass is 10.1. The predicted octanol–water partition coefficient (Wildman–Crippen LogP) is -1.06. The highest BCUT2D eigenvalue weighted by atomic mass is 19.4. The Balaban J connectivity index is 2.80. The largest absolute Gasteiger partial charge is 0.429 e. The van der Waals surface area contributed by atoms with Crippen LogP contribution in [0.1, 0.15) is 13.3 Å². The molecule has 0 aliphatic carbocycles. The van der Waals surface area contributed by atoms with Gasteiger partial charge in [0, 0.05) is 6.92 Å². The highest BCUT2D eigenvalue weighted by Gasteiger charge is 2.45. The molecule has 0 aromatic carbocycles. The van der Waals surface area contributed by atoms with Crippen LogP contribution in [0.5, 0.6) is 0 Å². The fourth-order valence-electron chi connectivity index (χ4n) is 0.992. The third-order valence-electron chi connectivity index (χ3n) is 1.50. The highest BCUT2D eigenvalue weighted by Crippen LogP contribution is 2.19. The van der Waals surface area contributed by atoms with Crippen molar-refractivity contribution < 1.29 is 23.0 Å². The molecular formula is C6H8F3N2O+. The zero-order valence-electron chi connectivity index (χ0n) is 6.33. The molecule has 12 heavy (non-hydrogen) atoms. The summed E-state index contributed by atoms with van der Waals surface area (Å²) in [6.07, 6.45) is -4.92. The zero-order chi connectivity index (χ0) is 9.35. The Kier molecular flexibility index (Phi) is 2.08. The summed E-state index contributed by atoms with van der Waals surface area (Å²) in [5, 5.41) is 2.25. The Labute approximate surface area is 66.7 Å². The average molecular weight is 181 g/mol. The molecule has 1 unspecified atom stereocenters. The fourth-order valence-corrected chi connectivity index (χ4v) is 0.992. The van der Waals surface area contributed by atoms with Crippen LogP contribution in [0.4, 0.5) is 13.2 Å². The van der Waals surface area contributed by atoms with Crippen LogP contribution in [0.2, 0.25) is 0 Å². The Morgan fingerprint density at radius 2 is 2.17 bits per heavy atom. The molecule has 3 nitrogen and oxygen atoms in total. The summed E-state index contributed by atoms with van der Waals surface area (Å²) in [5.41, 5.74) is 0. The SMILES string of the molecule is CC1=[NH+]C(C(F)(F)F)CC(=O)N1. The van der Waals surface area contributed by atoms with Crippen molar-refractivity contribution in [1.82, 2.24) is 5.32 Å².